The van der Waals surface area contributed by atoms with Crippen LogP contribution in [0.3, 0.4) is 0 Å². The van der Waals surface area contributed by atoms with Crippen molar-refractivity contribution in [1.82, 2.24) is 0 Å². The van der Waals surface area contributed by atoms with Gasteiger partial charge in [-0.2, -0.15) is 0 Å². The first-order valence-electron chi connectivity index (χ1n) is 11.3. The third kappa shape index (κ3) is 5.72. The first-order valence-corrected chi connectivity index (χ1v) is 12.0. The maximum absolute atomic E-state index is 14.5. The number of carboxylic acid groups (broad SMARTS) is 1. The van der Waals surface area contributed by atoms with Crippen molar-refractivity contribution < 1.29 is 28.2 Å². The highest BCUT2D eigenvalue weighted by atomic mass is 35.5. The zero-order chi connectivity index (χ0) is 26.0. The molecule has 0 amide bonds. The third-order valence-electron chi connectivity index (χ3n) is 6.32. The quantitative estimate of drug-likeness (QED) is 0.314. The number of carboxylic acids is 1. The van der Waals surface area contributed by atoms with E-state index in [-0.39, 0.29) is 34.0 Å². The molecule has 36 heavy (non-hydrogen) atoms. The van der Waals surface area contributed by atoms with Crippen LogP contribution in [0.25, 0.3) is 0 Å². The minimum atomic E-state index is -1.20. The summed E-state index contributed by atoms with van der Waals surface area (Å²) in [5, 5.41) is 9.63. The summed E-state index contributed by atoms with van der Waals surface area (Å²) in [6, 6.07) is 15.8. The Kier molecular flexibility index (Phi) is 7.98. The number of carbonyl (C=O) groups is 1. The smallest absolute Gasteiger partial charge is 0.341 e. The van der Waals surface area contributed by atoms with Crippen LogP contribution in [0.1, 0.15) is 48.2 Å². The second-order valence-corrected chi connectivity index (χ2v) is 9.71. The van der Waals surface area contributed by atoms with E-state index < -0.39 is 30.6 Å². The van der Waals surface area contributed by atoms with E-state index in [9.17, 15) is 13.6 Å². The molecule has 4 atom stereocenters. The summed E-state index contributed by atoms with van der Waals surface area (Å²) in [5.41, 5.74) is 2.73. The van der Waals surface area contributed by atoms with Crippen LogP contribution >= 0.6 is 23.2 Å². The largest absolute Gasteiger partial charge is 0.480 e. The van der Waals surface area contributed by atoms with Crippen LogP contribution in [0, 0.1) is 17.6 Å². The summed E-state index contributed by atoms with van der Waals surface area (Å²) in [5.74, 6) is -2.64. The molecule has 0 bridgehead atoms. The lowest BCUT2D eigenvalue weighted by Gasteiger charge is -2.43. The van der Waals surface area contributed by atoms with Crippen molar-refractivity contribution in [2.24, 2.45) is 5.92 Å². The van der Waals surface area contributed by atoms with Gasteiger partial charge in [-0.1, -0.05) is 59.6 Å². The van der Waals surface area contributed by atoms with Gasteiger partial charge in [0.05, 0.1) is 17.2 Å². The fourth-order valence-corrected chi connectivity index (χ4v) is 5.17. The molecule has 1 aliphatic rings. The van der Waals surface area contributed by atoms with Crippen molar-refractivity contribution in [3.63, 3.8) is 0 Å². The van der Waals surface area contributed by atoms with E-state index in [1.807, 2.05) is 25.1 Å². The lowest BCUT2D eigenvalue weighted by atomic mass is 9.74. The molecule has 0 unspecified atom stereocenters. The molecule has 0 aromatic heterocycles. The fourth-order valence-electron chi connectivity index (χ4n) is 4.71. The van der Waals surface area contributed by atoms with Gasteiger partial charge in [0.2, 0.25) is 0 Å². The number of aliphatic carboxylic acids is 1. The molecule has 1 N–H and O–H groups in total. The highest BCUT2D eigenvalue weighted by Gasteiger charge is 2.42. The van der Waals surface area contributed by atoms with Crippen LogP contribution in [0.4, 0.5) is 8.78 Å². The van der Waals surface area contributed by atoms with Crippen molar-refractivity contribution in [2.45, 2.75) is 31.5 Å². The average Bonchev–Trinajstić information content (AvgIpc) is 2.82. The van der Waals surface area contributed by atoms with E-state index in [2.05, 4.69) is 6.58 Å². The maximum Gasteiger partial charge on any atom is 0.341 e. The minimum absolute atomic E-state index is 0.0378. The molecule has 0 radical (unpaired) electrons. The Labute approximate surface area is 218 Å². The molecule has 3 aromatic carbocycles. The topological polar surface area (TPSA) is 55.8 Å². The zero-order valence-corrected chi connectivity index (χ0v) is 20.9. The van der Waals surface area contributed by atoms with E-state index in [4.69, 9.17) is 37.8 Å². The molecule has 3 aromatic rings. The third-order valence-corrected chi connectivity index (χ3v) is 6.84. The summed E-state index contributed by atoms with van der Waals surface area (Å²) in [7, 11) is 0. The SMILES string of the molecule is C=C(C)[C@H]1C[C@H](c2cccc(Cl)c2)[C@H](c2ccc(F)cc2)O[C@@H]1c1cc(F)cc(Cl)c1OCC(=O)O. The van der Waals surface area contributed by atoms with Crippen molar-refractivity contribution in [3.05, 3.63) is 111 Å². The normalized spacial score (nSPS) is 21.7. The molecule has 1 heterocycles. The second kappa shape index (κ2) is 11.0. The Morgan fingerprint density at radius 1 is 1.06 bits per heavy atom. The lowest BCUT2D eigenvalue weighted by molar-refractivity contribution is -0.139. The number of ether oxygens (including phenoxy) is 2. The predicted octanol–water partition coefficient (Wildman–Crippen LogP) is 7.91. The molecule has 0 saturated carbocycles. The molecule has 4 rings (SSSR count). The van der Waals surface area contributed by atoms with Gasteiger partial charge in [0.1, 0.15) is 17.4 Å². The van der Waals surface area contributed by atoms with Gasteiger partial charge in [-0.25, -0.2) is 13.6 Å². The average molecular weight is 533 g/mol. The number of hydrogen-bond acceptors (Lipinski definition) is 3. The molecule has 8 heteroatoms. The Balaban J connectivity index is 1.84. The summed E-state index contributed by atoms with van der Waals surface area (Å²) < 4.78 is 40.4. The van der Waals surface area contributed by atoms with E-state index in [0.29, 0.717) is 11.4 Å². The molecular formula is C28H24Cl2F2O4. The van der Waals surface area contributed by atoms with Crippen LogP contribution in [-0.4, -0.2) is 17.7 Å². The van der Waals surface area contributed by atoms with E-state index >= 15 is 0 Å². The molecular weight excluding hydrogens is 509 g/mol. The van der Waals surface area contributed by atoms with Crippen molar-refractivity contribution in [2.75, 3.05) is 6.61 Å². The standard InChI is InChI=1S/C28H24Cl2F2O4/c1-15(2)21-13-22(17-4-3-5-18(29)10-17)26(16-6-8-19(31)9-7-16)36-27(21)23-11-20(32)12-24(30)28(23)35-14-25(33)34/h3-12,21-22,26-27H,1,13-14H2,2H3,(H,33,34)/t21-,22-,26+,27+/m1/s1. The number of hydrogen-bond donors (Lipinski definition) is 1. The molecule has 4 nitrogen and oxygen atoms in total. The highest BCUT2D eigenvalue weighted by Crippen LogP contribution is 2.54. The number of benzene rings is 3. The van der Waals surface area contributed by atoms with Crippen LogP contribution in [0.15, 0.2) is 72.8 Å². The first kappa shape index (κ1) is 26.1. The summed E-state index contributed by atoms with van der Waals surface area (Å²) in [6.45, 7) is 5.34. The fraction of sp³-hybridized carbons (Fsp3) is 0.250. The number of halogens is 4. The van der Waals surface area contributed by atoms with Crippen LogP contribution in [0.2, 0.25) is 10.0 Å². The Hall–Kier alpha value is -2.93. The van der Waals surface area contributed by atoms with Gasteiger partial charge in [-0.3, -0.25) is 0 Å². The van der Waals surface area contributed by atoms with Gasteiger partial charge in [-0.15, -0.1) is 0 Å². The van der Waals surface area contributed by atoms with Gasteiger partial charge in [0.25, 0.3) is 0 Å². The van der Waals surface area contributed by atoms with Gasteiger partial charge in [0.15, 0.2) is 6.61 Å². The summed E-state index contributed by atoms with van der Waals surface area (Å²) in [4.78, 5) is 11.2. The molecule has 188 valence electrons. The van der Waals surface area contributed by atoms with Crippen LogP contribution < -0.4 is 4.74 Å². The highest BCUT2D eigenvalue weighted by molar-refractivity contribution is 6.32. The second-order valence-electron chi connectivity index (χ2n) is 8.87. The Morgan fingerprint density at radius 3 is 2.42 bits per heavy atom. The molecule has 0 aliphatic carbocycles. The van der Waals surface area contributed by atoms with E-state index in [1.165, 1.54) is 18.2 Å². The maximum atomic E-state index is 14.5. The Bertz CT molecular complexity index is 1280. The monoisotopic (exact) mass is 532 g/mol. The van der Waals surface area contributed by atoms with E-state index in [0.717, 1.165) is 22.8 Å². The van der Waals surface area contributed by atoms with Crippen molar-refractivity contribution in [1.29, 1.82) is 0 Å². The Morgan fingerprint density at radius 2 is 1.78 bits per heavy atom. The lowest BCUT2D eigenvalue weighted by Crippen LogP contribution is -2.32. The first-order chi connectivity index (χ1) is 17.1. The van der Waals surface area contributed by atoms with Gasteiger partial charge in [0, 0.05) is 22.4 Å². The molecule has 1 saturated heterocycles. The van der Waals surface area contributed by atoms with Gasteiger partial charge in [-0.05, 0) is 60.9 Å². The zero-order valence-electron chi connectivity index (χ0n) is 19.4. The van der Waals surface area contributed by atoms with E-state index in [1.54, 1.807) is 18.2 Å². The molecule has 1 aliphatic heterocycles. The predicted molar refractivity (Wildman–Crippen MR) is 135 cm³/mol. The molecule has 1 fully saturated rings. The van der Waals surface area contributed by atoms with Crippen molar-refractivity contribution in [3.8, 4) is 5.75 Å². The van der Waals surface area contributed by atoms with Gasteiger partial charge < -0.3 is 14.6 Å². The molecule has 0 spiro atoms. The van der Waals surface area contributed by atoms with Crippen LogP contribution in [0.5, 0.6) is 5.75 Å². The number of rotatable bonds is 7. The van der Waals surface area contributed by atoms with Crippen LogP contribution in [-0.2, 0) is 9.53 Å². The minimum Gasteiger partial charge on any atom is -0.480 e. The summed E-state index contributed by atoms with van der Waals surface area (Å²) in [6.07, 6.45) is -0.765. The summed E-state index contributed by atoms with van der Waals surface area (Å²) >= 11 is 12.6. The van der Waals surface area contributed by atoms with Gasteiger partial charge >= 0.3 is 5.97 Å². The van der Waals surface area contributed by atoms with Crippen molar-refractivity contribution >= 4 is 29.2 Å².